The lowest BCUT2D eigenvalue weighted by Gasteiger charge is -2.16. The normalized spacial score (nSPS) is 11.5. The summed E-state index contributed by atoms with van der Waals surface area (Å²) in [4.78, 5) is 5.84. The first-order valence-corrected chi connectivity index (χ1v) is 7.13. The Bertz CT molecular complexity index is 825. The van der Waals surface area contributed by atoms with Crippen LogP contribution in [0, 0.1) is 0 Å². The molecule has 0 fully saturated rings. The molecule has 0 atom stereocenters. The van der Waals surface area contributed by atoms with E-state index < -0.39 is 11.7 Å². The summed E-state index contributed by atoms with van der Waals surface area (Å²) in [6.07, 6.45) is -2.90. The third-order valence-electron chi connectivity index (χ3n) is 3.50. The fourth-order valence-electron chi connectivity index (χ4n) is 2.23. The summed E-state index contributed by atoms with van der Waals surface area (Å²) >= 11 is 0. The van der Waals surface area contributed by atoms with Crippen molar-refractivity contribution >= 4 is 5.82 Å². The Hall–Kier alpha value is -2.83. The summed E-state index contributed by atoms with van der Waals surface area (Å²) in [5.41, 5.74) is 0.914. The van der Waals surface area contributed by atoms with Crippen molar-refractivity contribution in [3.05, 3.63) is 54.2 Å². The van der Waals surface area contributed by atoms with Gasteiger partial charge in [-0.2, -0.15) is 13.2 Å². The molecule has 0 spiro atoms. The van der Waals surface area contributed by atoms with Crippen molar-refractivity contribution in [3.63, 3.8) is 0 Å². The van der Waals surface area contributed by atoms with Gasteiger partial charge >= 0.3 is 6.18 Å². The van der Waals surface area contributed by atoms with Gasteiger partial charge in [0.1, 0.15) is 5.82 Å². The lowest BCUT2D eigenvalue weighted by Crippen LogP contribution is -2.14. The van der Waals surface area contributed by atoms with E-state index in [0.717, 1.165) is 17.7 Å². The third kappa shape index (κ3) is 3.24. The molecule has 1 aromatic carbocycles. The molecule has 0 aliphatic carbocycles. The van der Waals surface area contributed by atoms with Crippen molar-refractivity contribution in [1.29, 1.82) is 0 Å². The van der Waals surface area contributed by atoms with Gasteiger partial charge in [-0.05, 0) is 12.1 Å². The Morgan fingerprint density at radius 1 is 0.958 bits per heavy atom. The average molecular weight is 333 g/mol. The van der Waals surface area contributed by atoms with Gasteiger partial charge in [0.15, 0.2) is 5.76 Å². The van der Waals surface area contributed by atoms with E-state index in [1.165, 1.54) is 6.20 Å². The summed E-state index contributed by atoms with van der Waals surface area (Å²) in [6, 6.07) is 10.7. The second-order valence-electron chi connectivity index (χ2n) is 5.45. The molecule has 124 valence electrons. The average Bonchev–Trinajstić information content (AvgIpc) is 3.08. The molecule has 0 amide bonds. The Balaban J connectivity index is 2.03. The Morgan fingerprint density at radius 3 is 2.17 bits per heavy atom. The van der Waals surface area contributed by atoms with E-state index in [1.807, 2.05) is 0 Å². The smallest absolute Gasteiger partial charge is 0.363 e. The molecule has 7 heteroatoms. The van der Waals surface area contributed by atoms with Crippen LogP contribution in [0.2, 0.25) is 0 Å². The maximum atomic E-state index is 13.1. The first-order chi connectivity index (χ1) is 11.3. The molecular formula is C17H14F3N3O. The van der Waals surface area contributed by atoms with Crippen LogP contribution < -0.4 is 4.90 Å². The summed E-state index contributed by atoms with van der Waals surface area (Å²) in [5.74, 6) is 0.840. The van der Waals surface area contributed by atoms with E-state index in [0.29, 0.717) is 11.3 Å². The molecule has 0 radical (unpaired) electrons. The van der Waals surface area contributed by atoms with Crippen molar-refractivity contribution in [2.45, 2.75) is 6.18 Å². The minimum atomic E-state index is -4.43. The molecule has 0 aliphatic rings. The van der Waals surface area contributed by atoms with E-state index in [-0.39, 0.29) is 11.5 Å². The maximum absolute atomic E-state index is 13.1. The zero-order valence-electron chi connectivity index (χ0n) is 13.0. The zero-order chi connectivity index (χ0) is 17.3. The molecule has 0 unspecified atom stereocenters. The van der Waals surface area contributed by atoms with Crippen LogP contribution in [0.3, 0.4) is 0 Å². The van der Waals surface area contributed by atoms with Crippen LogP contribution in [0.5, 0.6) is 0 Å². The molecule has 0 saturated carbocycles. The van der Waals surface area contributed by atoms with E-state index >= 15 is 0 Å². The number of halogens is 3. The first-order valence-electron chi connectivity index (χ1n) is 7.13. The van der Waals surface area contributed by atoms with Gasteiger partial charge in [0.25, 0.3) is 0 Å². The lowest BCUT2D eigenvalue weighted by molar-refractivity contribution is -0.137. The van der Waals surface area contributed by atoms with Gasteiger partial charge in [-0.3, -0.25) is 0 Å². The van der Waals surface area contributed by atoms with Crippen LogP contribution in [-0.4, -0.2) is 24.2 Å². The predicted octanol–water partition coefficient (Wildman–Crippen LogP) is 4.49. The first kappa shape index (κ1) is 16.0. The van der Waals surface area contributed by atoms with E-state index in [4.69, 9.17) is 4.52 Å². The van der Waals surface area contributed by atoms with Crippen molar-refractivity contribution < 1.29 is 17.7 Å². The van der Waals surface area contributed by atoms with Gasteiger partial charge in [-0.15, -0.1) is 0 Å². The van der Waals surface area contributed by atoms with E-state index in [9.17, 15) is 13.2 Å². The fourth-order valence-corrected chi connectivity index (χ4v) is 2.23. The van der Waals surface area contributed by atoms with Gasteiger partial charge in [0.2, 0.25) is 0 Å². The number of rotatable bonds is 3. The Labute approximate surface area is 136 Å². The molecule has 0 aliphatic heterocycles. The Kier molecular flexibility index (Phi) is 4.01. The topological polar surface area (TPSA) is 42.2 Å². The molecule has 3 rings (SSSR count). The molecule has 0 bridgehead atoms. The number of pyridine rings is 1. The van der Waals surface area contributed by atoms with E-state index in [2.05, 4.69) is 10.1 Å². The largest absolute Gasteiger partial charge is 0.416 e. The summed E-state index contributed by atoms with van der Waals surface area (Å²) in [5, 5.41) is 3.63. The monoisotopic (exact) mass is 333 g/mol. The molecule has 24 heavy (non-hydrogen) atoms. The van der Waals surface area contributed by atoms with Gasteiger partial charge in [0, 0.05) is 31.3 Å². The number of aromatic nitrogens is 2. The van der Waals surface area contributed by atoms with Crippen molar-refractivity contribution in [1.82, 2.24) is 10.1 Å². The van der Waals surface area contributed by atoms with Crippen molar-refractivity contribution in [3.8, 4) is 22.6 Å². The molecular weight excluding hydrogens is 319 g/mol. The minimum Gasteiger partial charge on any atom is -0.363 e. The van der Waals surface area contributed by atoms with Crippen LogP contribution in [0.4, 0.5) is 19.0 Å². The van der Waals surface area contributed by atoms with E-state index in [1.54, 1.807) is 49.3 Å². The third-order valence-corrected chi connectivity index (χ3v) is 3.50. The fraction of sp³-hybridized carbons (Fsp3) is 0.176. The predicted molar refractivity (Wildman–Crippen MR) is 84.5 cm³/mol. The maximum Gasteiger partial charge on any atom is 0.416 e. The molecule has 3 aromatic rings. The van der Waals surface area contributed by atoms with Crippen LogP contribution in [0.25, 0.3) is 22.6 Å². The summed E-state index contributed by atoms with van der Waals surface area (Å²) in [6.45, 7) is 0. The summed E-state index contributed by atoms with van der Waals surface area (Å²) in [7, 11) is 3.30. The van der Waals surface area contributed by atoms with Gasteiger partial charge in [0.05, 0.1) is 17.5 Å². The highest BCUT2D eigenvalue weighted by Gasteiger charge is 2.32. The second-order valence-corrected chi connectivity index (χ2v) is 5.45. The minimum absolute atomic E-state index is 0.249. The van der Waals surface area contributed by atoms with Crippen molar-refractivity contribution in [2.24, 2.45) is 0 Å². The standard InChI is InChI=1S/C17H14F3N3O/c1-23(2)16-10-13(17(18,19)20)9-14(22-16)11-3-5-12(6-4-11)15-7-8-21-24-15/h3-10H,1-2H3. The lowest BCUT2D eigenvalue weighted by atomic mass is 10.1. The molecule has 4 nitrogen and oxygen atoms in total. The van der Waals surface area contributed by atoms with Gasteiger partial charge in [-0.25, -0.2) is 4.98 Å². The molecule has 0 saturated heterocycles. The highest BCUT2D eigenvalue weighted by atomic mass is 19.4. The Morgan fingerprint density at radius 2 is 1.62 bits per heavy atom. The highest BCUT2D eigenvalue weighted by molar-refractivity contribution is 5.67. The van der Waals surface area contributed by atoms with Crippen molar-refractivity contribution in [2.75, 3.05) is 19.0 Å². The number of nitrogens with zero attached hydrogens (tertiary/aromatic N) is 3. The SMILES string of the molecule is CN(C)c1cc(C(F)(F)F)cc(-c2ccc(-c3ccno3)cc2)n1. The number of alkyl halides is 3. The van der Waals surface area contributed by atoms with Crippen LogP contribution in [0.15, 0.2) is 53.2 Å². The molecule has 0 N–H and O–H groups in total. The van der Waals surface area contributed by atoms with Crippen LogP contribution >= 0.6 is 0 Å². The van der Waals surface area contributed by atoms with Gasteiger partial charge < -0.3 is 9.42 Å². The number of hydrogen-bond acceptors (Lipinski definition) is 4. The number of hydrogen-bond donors (Lipinski definition) is 0. The van der Waals surface area contributed by atoms with Crippen LogP contribution in [-0.2, 0) is 6.18 Å². The highest BCUT2D eigenvalue weighted by Crippen LogP contribution is 2.34. The second kappa shape index (κ2) is 5.99. The quantitative estimate of drug-likeness (QED) is 0.708. The number of anilines is 1. The molecule has 2 heterocycles. The molecule has 2 aromatic heterocycles. The van der Waals surface area contributed by atoms with Crippen LogP contribution in [0.1, 0.15) is 5.56 Å². The zero-order valence-corrected chi connectivity index (χ0v) is 13.0. The number of benzene rings is 1. The summed E-state index contributed by atoms with van der Waals surface area (Å²) < 4.78 is 44.4. The van der Waals surface area contributed by atoms with Gasteiger partial charge in [-0.1, -0.05) is 29.4 Å².